The number of imide groups is 1. The molecule has 0 bridgehead atoms. The molecule has 0 spiro atoms. The lowest BCUT2D eigenvalue weighted by atomic mass is 9.91. The average Bonchev–Trinajstić information content (AvgIpc) is 4.12. The number of nitrogens with one attached hydrogen (secondary N) is 5. The molecule has 2 aromatic carbocycles. The van der Waals surface area contributed by atoms with Crippen LogP contribution >= 0.6 is 0 Å². The van der Waals surface area contributed by atoms with Gasteiger partial charge in [-0.05, 0) is 80.5 Å². The predicted octanol–water partition coefficient (Wildman–Crippen LogP) is 5.54. The number of pyridine rings is 1. The molecule has 3 saturated heterocycles. The van der Waals surface area contributed by atoms with Crippen LogP contribution < -0.4 is 31.7 Å². The molecule has 7 aromatic rings. The number of anilines is 4. The number of benzene rings is 2. The summed E-state index contributed by atoms with van der Waals surface area (Å²) in [6.45, 7) is 6.89. The van der Waals surface area contributed by atoms with E-state index in [1.54, 1.807) is 6.07 Å². The lowest BCUT2D eigenvalue weighted by Crippen LogP contribution is -2.61. The van der Waals surface area contributed by atoms with Crippen molar-refractivity contribution in [3.8, 4) is 5.82 Å². The molecule has 3 fully saturated rings. The summed E-state index contributed by atoms with van der Waals surface area (Å²) in [6, 6.07) is 16.2. The summed E-state index contributed by atoms with van der Waals surface area (Å²) in [6.07, 6.45) is 6.51. The number of halogens is 2. The van der Waals surface area contributed by atoms with Gasteiger partial charge in [0.05, 0.1) is 34.7 Å². The highest BCUT2D eigenvalue weighted by Crippen LogP contribution is 2.41. The third-order valence-corrected chi connectivity index (χ3v) is 14.2. The smallest absolute Gasteiger partial charge is 0.278 e. The molecule has 20 heteroatoms. The number of piperidine rings is 2. The van der Waals surface area contributed by atoms with E-state index in [1.165, 1.54) is 10.9 Å². The zero-order chi connectivity index (χ0) is 46.7. The first-order chi connectivity index (χ1) is 33.0. The zero-order valence-corrected chi connectivity index (χ0v) is 37.4. The molecule has 68 heavy (non-hydrogen) atoms. The number of amides is 2. The van der Waals surface area contributed by atoms with Crippen molar-refractivity contribution in [3.63, 3.8) is 0 Å². The van der Waals surface area contributed by atoms with Gasteiger partial charge in [0.2, 0.25) is 17.8 Å². The highest BCUT2D eigenvalue weighted by atomic mass is 19.3. The highest BCUT2D eigenvalue weighted by molar-refractivity contribution is 6.13. The number of aromatic nitrogens is 7. The van der Waals surface area contributed by atoms with E-state index in [0.29, 0.717) is 66.5 Å². The van der Waals surface area contributed by atoms with Crippen molar-refractivity contribution in [1.82, 2.24) is 50.0 Å². The van der Waals surface area contributed by atoms with Gasteiger partial charge < -0.3 is 35.5 Å². The van der Waals surface area contributed by atoms with Crippen LogP contribution in [0.4, 0.5) is 31.8 Å². The van der Waals surface area contributed by atoms with Crippen molar-refractivity contribution < 1.29 is 28.0 Å². The standard InChI is InChI=1S/C48H51F2N13O5/c1-2-48(67)16-11-27-3-9-38(56-43(27)48)63-44-34(46(66)62(63)22-15-37(49)50)24-54-47(58-44)55-30-6-4-28(5-7-30)51-18-19-52-29-13-20-60(21-14-29)31-25-61(26-31)35-23-36-40(32-12-17-53-41(32)35)42(59-68-36)33-8-10-39(64)57-45(33)65/h3-7,9,12,15,17,23-24,29,31,33,51-53,67H,2,8,10-11,13-14,16,18-22,25-26H2,1H3,(H,54,55,58)(H,57,64,65)/t33?,48-/m1/s1. The summed E-state index contributed by atoms with van der Waals surface area (Å²) in [5.74, 6) is -0.623. The van der Waals surface area contributed by atoms with E-state index >= 15 is 0 Å². The number of fused-ring (bicyclic) bond motifs is 5. The van der Waals surface area contributed by atoms with Gasteiger partial charge in [0.1, 0.15) is 16.7 Å². The van der Waals surface area contributed by atoms with E-state index in [1.807, 2.05) is 55.6 Å². The summed E-state index contributed by atoms with van der Waals surface area (Å²) < 4.78 is 34.9. The molecule has 4 aliphatic rings. The maximum Gasteiger partial charge on any atom is 0.278 e. The third kappa shape index (κ3) is 7.94. The summed E-state index contributed by atoms with van der Waals surface area (Å²) in [4.78, 5) is 60.1. The zero-order valence-electron chi connectivity index (χ0n) is 37.4. The van der Waals surface area contributed by atoms with Gasteiger partial charge >= 0.3 is 0 Å². The second kappa shape index (κ2) is 17.6. The first-order valence-electron chi connectivity index (χ1n) is 23.3. The molecule has 0 saturated carbocycles. The Hall–Kier alpha value is -7.03. The van der Waals surface area contributed by atoms with E-state index in [4.69, 9.17) is 9.51 Å². The van der Waals surface area contributed by atoms with Gasteiger partial charge in [-0.1, -0.05) is 18.1 Å². The third-order valence-electron chi connectivity index (χ3n) is 14.2. The van der Waals surface area contributed by atoms with Gasteiger partial charge in [0.15, 0.2) is 17.0 Å². The Kier molecular flexibility index (Phi) is 11.2. The number of H-pyrrole nitrogens is 1. The van der Waals surface area contributed by atoms with Gasteiger partial charge in [0, 0.05) is 99.1 Å². The summed E-state index contributed by atoms with van der Waals surface area (Å²) in [7, 11) is 0. The quantitative estimate of drug-likeness (QED) is 0.0584. The van der Waals surface area contributed by atoms with Gasteiger partial charge in [-0.3, -0.25) is 24.6 Å². The Morgan fingerprint density at radius 1 is 0.985 bits per heavy atom. The van der Waals surface area contributed by atoms with Gasteiger partial charge in [0.25, 0.3) is 11.6 Å². The van der Waals surface area contributed by atoms with Crippen molar-refractivity contribution in [1.29, 1.82) is 0 Å². The molecule has 5 aromatic heterocycles. The van der Waals surface area contributed by atoms with Crippen LogP contribution in [0.25, 0.3) is 38.7 Å². The Balaban J connectivity index is 0.667. The maximum atomic E-state index is 13.5. The lowest BCUT2D eigenvalue weighted by Gasteiger charge is -2.48. The minimum Gasteiger partial charge on any atom is -0.384 e. The molecule has 0 radical (unpaired) electrons. The van der Waals surface area contributed by atoms with Gasteiger partial charge in [-0.2, -0.15) is 13.8 Å². The van der Waals surface area contributed by atoms with Crippen molar-refractivity contribution >= 4 is 67.7 Å². The van der Waals surface area contributed by atoms with Gasteiger partial charge in [-0.15, -0.1) is 0 Å². The molecule has 2 atom stereocenters. The van der Waals surface area contributed by atoms with Crippen LogP contribution in [0.3, 0.4) is 0 Å². The summed E-state index contributed by atoms with van der Waals surface area (Å²) in [5, 5.41) is 30.4. The number of aryl methyl sites for hydroxylation is 1. The van der Waals surface area contributed by atoms with E-state index in [9.17, 15) is 28.3 Å². The van der Waals surface area contributed by atoms with Crippen LogP contribution in [0.1, 0.15) is 68.3 Å². The molecule has 352 valence electrons. The molecule has 2 amide bonds. The molecular weight excluding hydrogens is 877 g/mol. The number of likely N-dealkylation sites (tertiary alicyclic amines) is 1. The Morgan fingerprint density at radius 2 is 1.79 bits per heavy atom. The fourth-order valence-corrected chi connectivity index (χ4v) is 10.4. The highest BCUT2D eigenvalue weighted by Gasteiger charge is 2.39. The largest absolute Gasteiger partial charge is 0.384 e. The van der Waals surface area contributed by atoms with Crippen molar-refractivity contribution in [2.75, 3.05) is 54.8 Å². The fourth-order valence-electron chi connectivity index (χ4n) is 10.4. The molecule has 3 aliphatic heterocycles. The number of rotatable bonds is 14. The number of nitrogens with zero attached hydrogens (tertiary/aromatic N) is 8. The van der Waals surface area contributed by atoms with Gasteiger partial charge in [-0.25, -0.2) is 19.3 Å². The predicted molar refractivity (Wildman–Crippen MR) is 252 cm³/mol. The molecule has 1 aliphatic carbocycles. The minimum absolute atomic E-state index is 0.142. The van der Waals surface area contributed by atoms with Crippen LogP contribution in [0.5, 0.6) is 0 Å². The van der Waals surface area contributed by atoms with Crippen LogP contribution in [0.15, 0.2) is 82.4 Å². The van der Waals surface area contributed by atoms with Crippen LogP contribution in [0, 0.1) is 0 Å². The molecule has 6 N–H and O–H groups in total. The van der Waals surface area contributed by atoms with E-state index in [-0.39, 0.29) is 41.0 Å². The molecule has 11 rings (SSSR count). The topological polar surface area (TPSA) is 216 Å². The van der Waals surface area contributed by atoms with E-state index < -0.39 is 29.7 Å². The number of carbonyl (C=O) groups is 2. The minimum atomic E-state index is -1.92. The second-order valence-electron chi connectivity index (χ2n) is 18.2. The molecular formula is C48H51F2N13O5. The first-order valence-corrected chi connectivity index (χ1v) is 23.3. The second-order valence-corrected chi connectivity index (χ2v) is 18.2. The number of aliphatic hydroxyl groups is 1. The summed E-state index contributed by atoms with van der Waals surface area (Å²) in [5.41, 5.74) is 4.89. The molecule has 18 nitrogen and oxygen atoms in total. The van der Waals surface area contributed by atoms with Crippen LogP contribution in [0.2, 0.25) is 0 Å². The average molecular weight is 928 g/mol. The maximum absolute atomic E-state index is 13.5. The van der Waals surface area contributed by atoms with E-state index in [2.05, 4.69) is 51.2 Å². The molecule has 8 heterocycles. The number of hydrogen-bond acceptors (Lipinski definition) is 14. The molecule has 1 unspecified atom stereocenters. The normalized spacial score (nSPS) is 20.3. The van der Waals surface area contributed by atoms with Crippen LogP contribution in [-0.4, -0.2) is 108 Å². The van der Waals surface area contributed by atoms with Crippen LogP contribution in [-0.2, 0) is 28.2 Å². The number of hydrogen-bond donors (Lipinski definition) is 6. The SMILES string of the molecule is CC[C@@]1(O)CCc2ccc(-n3c4nc(Nc5ccc(NCCNC6CCN(C7CN(c8cc9onc(C%10CCC(=O)NC%10=O)c9c9cc[nH]c89)C7)CC6)cc5)ncc4c(=O)n3CC=C(F)F)nc21. The Morgan fingerprint density at radius 3 is 2.57 bits per heavy atom. The lowest BCUT2D eigenvalue weighted by molar-refractivity contribution is -0.134. The summed E-state index contributed by atoms with van der Waals surface area (Å²) >= 11 is 0. The van der Waals surface area contributed by atoms with Crippen molar-refractivity contribution in [2.24, 2.45) is 0 Å². The Bertz CT molecular complexity index is 3160. The monoisotopic (exact) mass is 927 g/mol. The van der Waals surface area contributed by atoms with Crippen molar-refractivity contribution in [3.05, 3.63) is 100 Å². The van der Waals surface area contributed by atoms with Crippen molar-refractivity contribution in [2.45, 2.75) is 82.0 Å². The number of allylic oxidation sites excluding steroid dienone is 1. The number of carbonyl (C=O) groups excluding carboxylic acids is 2. The fraction of sp³-hybridized carbons (Fsp3) is 0.396. The Labute approximate surface area is 387 Å². The first kappa shape index (κ1) is 43.5. The van der Waals surface area contributed by atoms with E-state index in [0.717, 1.165) is 90.0 Å². The number of aromatic amines is 1.